The Bertz CT molecular complexity index is 1270. The molecule has 0 aliphatic carbocycles. The van der Waals surface area contributed by atoms with E-state index < -0.39 is 17.7 Å². The summed E-state index contributed by atoms with van der Waals surface area (Å²) in [6, 6.07) is 23.0. The van der Waals surface area contributed by atoms with E-state index in [-0.39, 0.29) is 30.6 Å². The number of hydrogen-bond acceptors (Lipinski definition) is 6. The quantitative estimate of drug-likeness (QED) is 0.236. The summed E-state index contributed by atoms with van der Waals surface area (Å²) in [6.45, 7) is 4.66. The fourth-order valence-electron chi connectivity index (χ4n) is 4.28. The summed E-state index contributed by atoms with van der Waals surface area (Å²) in [6.07, 6.45) is 0.00180. The first-order valence-corrected chi connectivity index (χ1v) is 12.2. The van der Waals surface area contributed by atoms with Crippen LogP contribution in [0.15, 0.2) is 84.4 Å². The second-order valence-corrected chi connectivity index (χ2v) is 9.02. The maximum Gasteiger partial charge on any atom is 0.295 e. The first kappa shape index (κ1) is 26.0. The number of nitrogens with zero attached hydrogens (tertiary/aromatic N) is 1. The number of carbonyl (C=O) groups is 2. The van der Waals surface area contributed by atoms with Crippen LogP contribution in [0.4, 0.5) is 0 Å². The summed E-state index contributed by atoms with van der Waals surface area (Å²) in [5, 5.41) is 11.3. The van der Waals surface area contributed by atoms with Gasteiger partial charge in [-0.1, -0.05) is 42.5 Å². The fraction of sp³-hybridized carbons (Fsp3) is 0.267. The fourth-order valence-corrected chi connectivity index (χ4v) is 4.28. The maximum absolute atomic E-state index is 13.2. The molecule has 192 valence electrons. The molecule has 3 aromatic carbocycles. The lowest BCUT2D eigenvalue weighted by Gasteiger charge is -2.25. The molecule has 7 nitrogen and oxygen atoms in total. The minimum atomic E-state index is -0.790. The minimum Gasteiger partial charge on any atom is -0.507 e. The van der Waals surface area contributed by atoms with Gasteiger partial charge in [-0.25, -0.2) is 0 Å². The molecule has 7 heteroatoms. The van der Waals surface area contributed by atoms with Crippen molar-refractivity contribution in [2.75, 3.05) is 20.3 Å². The van der Waals surface area contributed by atoms with Gasteiger partial charge in [0.25, 0.3) is 11.7 Å². The Kier molecular flexibility index (Phi) is 8.25. The molecule has 1 heterocycles. The summed E-state index contributed by atoms with van der Waals surface area (Å²) in [5.74, 6) is -0.425. The molecule has 0 bridgehead atoms. The zero-order chi connectivity index (χ0) is 26.4. The van der Waals surface area contributed by atoms with E-state index in [1.54, 1.807) is 30.3 Å². The van der Waals surface area contributed by atoms with Crippen molar-refractivity contribution in [3.63, 3.8) is 0 Å². The zero-order valence-electron chi connectivity index (χ0n) is 21.2. The molecule has 0 aromatic heterocycles. The van der Waals surface area contributed by atoms with Gasteiger partial charge < -0.3 is 24.2 Å². The second kappa shape index (κ2) is 11.8. The van der Waals surface area contributed by atoms with Crippen molar-refractivity contribution in [3.05, 3.63) is 101 Å². The van der Waals surface area contributed by atoms with E-state index in [0.717, 1.165) is 5.56 Å². The third kappa shape index (κ3) is 6.01. The van der Waals surface area contributed by atoms with Crippen LogP contribution in [0.5, 0.6) is 11.5 Å². The lowest BCUT2D eigenvalue weighted by molar-refractivity contribution is -0.140. The number of hydrogen-bond donors (Lipinski definition) is 1. The van der Waals surface area contributed by atoms with E-state index in [0.29, 0.717) is 29.2 Å². The van der Waals surface area contributed by atoms with Crippen LogP contribution in [-0.2, 0) is 20.9 Å². The van der Waals surface area contributed by atoms with E-state index in [1.807, 2.05) is 62.4 Å². The number of Topliss-reactive ketones (excluding diaryl/α,β-unsaturated/α-hetero) is 1. The van der Waals surface area contributed by atoms with Gasteiger partial charge in [-0.3, -0.25) is 9.59 Å². The SMILES string of the molecule is COCCN1C(=O)C(=O)/C(=C(\O)c2ccc(OC(C)C)cc2)C1c1cccc(OCc2ccccc2)c1. The summed E-state index contributed by atoms with van der Waals surface area (Å²) in [5.41, 5.74) is 2.12. The molecule has 1 fully saturated rings. The molecular weight excluding hydrogens is 470 g/mol. The van der Waals surface area contributed by atoms with Crippen molar-refractivity contribution in [3.8, 4) is 11.5 Å². The van der Waals surface area contributed by atoms with Crippen LogP contribution in [0, 0.1) is 0 Å². The first-order chi connectivity index (χ1) is 17.9. The molecule has 1 aliphatic heterocycles. The minimum absolute atomic E-state index is 0.00180. The van der Waals surface area contributed by atoms with E-state index >= 15 is 0 Å². The van der Waals surface area contributed by atoms with E-state index in [4.69, 9.17) is 14.2 Å². The van der Waals surface area contributed by atoms with Gasteiger partial charge in [-0.05, 0) is 61.4 Å². The highest BCUT2D eigenvalue weighted by Gasteiger charge is 2.46. The normalized spacial score (nSPS) is 16.9. The molecule has 1 aliphatic rings. The number of ketones is 1. The van der Waals surface area contributed by atoms with Gasteiger partial charge in [-0.2, -0.15) is 0 Å². The Balaban J connectivity index is 1.70. The van der Waals surface area contributed by atoms with Gasteiger partial charge in [0.05, 0.1) is 24.3 Å². The Labute approximate surface area is 216 Å². The predicted molar refractivity (Wildman–Crippen MR) is 140 cm³/mol. The second-order valence-electron chi connectivity index (χ2n) is 9.02. The molecule has 4 rings (SSSR count). The maximum atomic E-state index is 13.2. The molecule has 0 radical (unpaired) electrons. The molecule has 1 atom stereocenters. The number of methoxy groups -OCH3 is 1. The van der Waals surface area contributed by atoms with Gasteiger partial charge in [0.15, 0.2) is 0 Å². The first-order valence-electron chi connectivity index (χ1n) is 12.2. The van der Waals surface area contributed by atoms with Crippen molar-refractivity contribution in [2.45, 2.75) is 32.6 Å². The highest BCUT2D eigenvalue weighted by atomic mass is 16.5. The van der Waals surface area contributed by atoms with Crippen molar-refractivity contribution in [1.82, 2.24) is 4.90 Å². The van der Waals surface area contributed by atoms with E-state index in [1.165, 1.54) is 12.0 Å². The zero-order valence-corrected chi connectivity index (χ0v) is 21.2. The summed E-state index contributed by atoms with van der Waals surface area (Å²) < 4.78 is 16.8. The van der Waals surface area contributed by atoms with Gasteiger partial charge in [0, 0.05) is 19.2 Å². The third-order valence-electron chi connectivity index (χ3n) is 6.00. The molecule has 3 aromatic rings. The van der Waals surface area contributed by atoms with Crippen LogP contribution in [0.3, 0.4) is 0 Å². The number of likely N-dealkylation sites (tertiary alicyclic amines) is 1. The molecule has 37 heavy (non-hydrogen) atoms. The van der Waals surface area contributed by atoms with Gasteiger partial charge in [0.1, 0.15) is 23.9 Å². The molecule has 0 saturated carbocycles. The lowest BCUT2D eigenvalue weighted by Crippen LogP contribution is -2.32. The molecule has 1 unspecified atom stereocenters. The highest BCUT2D eigenvalue weighted by Crippen LogP contribution is 2.40. The Hall–Kier alpha value is -4.10. The molecule has 1 N–H and O–H groups in total. The lowest BCUT2D eigenvalue weighted by atomic mass is 9.95. The van der Waals surface area contributed by atoms with Crippen molar-refractivity contribution < 1.29 is 28.9 Å². The van der Waals surface area contributed by atoms with Crippen LogP contribution in [-0.4, -0.2) is 48.1 Å². The Morgan fingerprint density at radius 2 is 1.68 bits per heavy atom. The topological polar surface area (TPSA) is 85.3 Å². The van der Waals surface area contributed by atoms with E-state index in [9.17, 15) is 14.7 Å². The molecule has 0 spiro atoms. The van der Waals surface area contributed by atoms with Gasteiger partial charge in [0.2, 0.25) is 0 Å². The summed E-state index contributed by atoms with van der Waals surface area (Å²) in [7, 11) is 1.53. The van der Waals surface area contributed by atoms with Crippen LogP contribution in [0.2, 0.25) is 0 Å². The number of carbonyl (C=O) groups excluding carboxylic acids is 2. The summed E-state index contributed by atoms with van der Waals surface area (Å²) in [4.78, 5) is 27.7. The highest BCUT2D eigenvalue weighted by molar-refractivity contribution is 6.46. The molecule has 1 saturated heterocycles. The van der Waals surface area contributed by atoms with Crippen LogP contribution in [0.25, 0.3) is 5.76 Å². The number of amides is 1. The van der Waals surface area contributed by atoms with Crippen molar-refractivity contribution in [1.29, 1.82) is 0 Å². The van der Waals surface area contributed by atoms with Gasteiger partial charge in [-0.15, -0.1) is 0 Å². The average Bonchev–Trinajstić information content (AvgIpc) is 3.16. The number of benzene rings is 3. The van der Waals surface area contributed by atoms with E-state index in [2.05, 4.69) is 0 Å². The number of rotatable bonds is 10. The van der Waals surface area contributed by atoms with Crippen LogP contribution < -0.4 is 9.47 Å². The monoisotopic (exact) mass is 501 g/mol. The predicted octanol–water partition coefficient (Wildman–Crippen LogP) is 5.12. The van der Waals surface area contributed by atoms with Crippen LogP contribution in [0.1, 0.15) is 36.6 Å². The Morgan fingerprint density at radius 3 is 2.35 bits per heavy atom. The number of aliphatic hydroxyl groups excluding tert-OH is 1. The molecule has 1 amide bonds. The van der Waals surface area contributed by atoms with Crippen LogP contribution >= 0.6 is 0 Å². The standard InChI is InChI=1S/C30H31NO6/c1-20(2)37-24-14-12-22(13-15-24)28(32)26-27(31(16-17-35-3)30(34)29(26)33)23-10-7-11-25(18-23)36-19-21-8-5-4-6-9-21/h4-15,18,20,27,32H,16-17,19H2,1-3H3/b28-26-. The Morgan fingerprint density at radius 1 is 0.946 bits per heavy atom. The average molecular weight is 502 g/mol. The molecular formula is C30H31NO6. The van der Waals surface area contributed by atoms with Crippen molar-refractivity contribution in [2.24, 2.45) is 0 Å². The smallest absolute Gasteiger partial charge is 0.295 e. The number of ether oxygens (including phenoxy) is 3. The van der Waals surface area contributed by atoms with Crippen molar-refractivity contribution >= 4 is 17.4 Å². The van der Waals surface area contributed by atoms with Gasteiger partial charge >= 0.3 is 0 Å². The third-order valence-corrected chi connectivity index (χ3v) is 6.00. The largest absolute Gasteiger partial charge is 0.507 e. The summed E-state index contributed by atoms with van der Waals surface area (Å²) >= 11 is 0. The number of aliphatic hydroxyl groups is 1.